The second-order valence-corrected chi connectivity index (χ2v) is 3.83. The largest absolute Gasteiger partial charge is 0.481 e. The number of aliphatic carboxylic acids is 1. The van der Waals surface area contributed by atoms with Crippen LogP contribution in [0.1, 0.15) is 34.1 Å². The third-order valence-electron chi connectivity index (χ3n) is 2.17. The molecule has 0 fully saturated rings. The van der Waals surface area contributed by atoms with Crippen LogP contribution in [0.5, 0.6) is 0 Å². The molecule has 0 bridgehead atoms. The first-order valence-corrected chi connectivity index (χ1v) is 4.95. The first-order valence-electron chi connectivity index (χ1n) is 4.95. The number of hydrogen-bond donors (Lipinski definition) is 1. The zero-order valence-corrected chi connectivity index (χ0v) is 9.08. The van der Waals surface area contributed by atoms with Crippen LogP contribution in [-0.4, -0.2) is 35.1 Å². The molecule has 1 unspecified atom stereocenters. The molecule has 3 heteroatoms. The molecule has 0 aliphatic rings. The van der Waals surface area contributed by atoms with Crippen LogP contribution >= 0.6 is 0 Å². The van der Waals surface area contributed by atoms with E-state index in [0.717, 1.165) is 13.0 Å². The Bertz CT molecular complexity index is 157. The maximum atomic E-state index is 10.6. The summed E-state index contributed by atoms with van der Waals surface area (Å²) in [6.45, 7) is 9.71. The van der Waals surface area contributed by atoms with E-state index in [9.17, 15) is 4.79 Å². The van der Waals surface area contributed by atoms with Gasteiger partial charge in [0.2, 0.25) is 0 Å². The Hall–Kier alpha value is -0.570. The van der Waals surface area contributed by atoms with E-state index in [1.807, 2.05) is 0 Å². The fourth-order valence-corrected chi connectivity index (χ4v) is 1.28. The van der Waals surface area contributed by atoms with Gasteiger partial charge in [0, 0.05) is 12.6 Å². The third-order valence-corrected chi connectivity index (χ3v) is 2.17. The summed E-state index contributed by atoms with van der Waals surface area (Å²) in [5.41, 5.74) is 0. The lowest BCUT2D eigenvalue weighted by molar-refractivity contribution is -0.141. The lowest BCUT2D eigenvalue weighted by Gasteiger charge is -2.27. The summed E-state index contributed by atoms with van der Waals surface area (Å²) in [5, 5.41) is 8.75. The highest BCUT2D eigenvalue weighted by molar-refractivity contribution is 5.69. The smallest absolute Gasteiger partial charge is 0.307 e. The molecule has 0 aromatic carbocycles. The Morgan fingerprint density at radius 3 is 2.23 bits per heavy atom. The predicted octanol–water partition coefficient (Wildman–Crippen LogP) is 1.83. The van der Waals surface area contributed by atoms with Crippen molar-refractivity contribution in [3.8, 4) is 0 Å². The van der Waals surface area contributed by atoms with Crippen LogP contribution in [0.2, 0.25) is 0 Å². The number of carboxylic acid groups (broad SMARTS) is 1. The first kappa shape index (κ1) is 12.4. The lowest BCUT2D eigenvalue weighted by Crippen LogP contribution is -2.37. The van der Waals surface area contributed by atoms with E-state index in [-0.39, 0.29) is 5.92 Å². The molecule has 0 saturated heterocycles. The van der Waals surface area contributed by atoms with E-state index in [0.29, 0.717) is 12.6 Å². The highest BCUT2D eigenvalue weighted by Crippen LogP contribution is 2.05. The molecule has 78 valence electrons. The van der Waals surface area contributed by atoms with Gasteiger partial charge in [0.15, 0.2) is 0 Å². The molecule has 3 nitrogen and oxygen atoms in total. The molecular weight excluding hydrogens is 166 g/mol. The molecule has 0 aliphatic carbocycles. The van der Waals surface area contributed by atoms with Crippen molar-refractivity contribution in [3.05, 3.63) is 0 Å². The third kappa shape index (κ3) is 4.88. The number of carboxylic acids is 1. The number of hydrogen-bond acceptors (Lipinski definition) is 2. The van der Waals surface area contributed by atoms with Crippen molar-refractivity contribution in [1.82, 2.24) is 4.90 Å². The van der Waals surface area contributed by atoms with Crippen LogP contribution in [0.3, 0.4) is 0 Å². The molecule has 0 rings (SSSR count). The average molecular weight is 187 g/mol. The lowest BCUT2D eigenvalue weighted by atomic mass is 10.1. The minimum atomic E-state index is -0.707. The minimum Gasteiger partial charge on any atom is -0.481 e. The van der Waals surface area contributed by atoms with Gasteiger partial charge in [0.25, 0.3) is 0 Å². The normalized spacial score (nSPS) is 13.7. The van der Waals surface area contributed by atoms with Crippen LogP contribution in [0.25, 0.3) is 0 Å². The molecule has 0 heterocycles. The molecule has 0 aromatic heterocycles. The van der Waals surface area contributed by atoms with E-state index in [1.165, 1.54) is 0 Å². The zero-order chi connectivity index (χ0) is 10.4. The SMILES string of the molecule is CCCN(CC(C)C(=O)O)C(C)C. The van der Waals surface area contributed by atoms with E-state index in [4.69, 9.17) is 5.11 Å². The van der Waals surface area contributed by atoms with Crippen molar-refractivity contribution >= 4 is 5.97 Å². The predicted molar refractivity (Wildman–Crippen MR) is 53.8 cm³/mol. The zero-order valence-electron chi connectivity index (χ0n) is 9.08. The van der Waals surface area contributed by atoms with Gasteiger partial charge in [0.1, 0.15) is 0 Å². The fraction of sp³-hybridized carbons (Fsp3) is 0.900. The van der Waals surface area contributed by atoms with Crippen molar-refractivity contribution < 1.29 is 9.90 Å². The van der Waals surface area contributed by atoms with Crippen LogP contribution in [0, 0.1) is 5.92 Å². The Morgan fingerprint density at radius 2 is 1.92 bits per heavy atom. The van der Waals surface area contributed by atoms with Gasteiger partial charge < -0.3 is 10.0 Å². The summed E-state index contributed by atoms with van der Waals surface area (Å²) in [5.74, 6) is -0.976. The highest BCUT2D eigenvalue weighted by atomic mass is 16.4. The highest BCUT2D eigenvalue weighted by Gasteiger charge is 2.17. The van der Waals surface area contributed by atoms with Crippen molar-refractivity contribution in [2.75, 3.05) is 13.1 Å². The fourth-order valence-electron chi connectivity index (χ4n) is 1.28. The Balaban J connectivity index is 4.01. The summed E-state index contributed by atoms with van der Waals surface area (Å²) in [4.78, 5) is 12.8. The molecule has 0 amide bonds. The van der Waals surface area contributed by atoms with Crippen molar-refractivity contribution in [1.29, 1.82) is 0 Å². The minimum absolute atomic E-state index is 0.269. The van der Waals surface area contributed by atoms with Crippen molar-refractivity contribution in [2.24, 2.45) is 5.92 Å². The Labute approximate surface area is 80.7 Å². The van der Waals surface area contributed by atoms with Crippen molar-refractivity contribution in [3.63, 3.8) is 0 Å². The summed E-state index contributed by atoms with van der Waals surface area (Å²) >= 11 is 0. The molecule has 0 saturated carbocycles. The molecular formula is C10H21NO2. The van der Waals surface area contributed by atoms with Gasteiger partial charge in [0.05, 0.1) is 5.92 Å². The quantitative estimate of drug-likeness (QED) is 0.689. The van der Waals surface area contributed by atoms with E-state index in [1.54, 1.807) is 6.92 Å². The van der Waals surface area contributed by atoms with Gasteiger partial charge in [-0.2, -0.15) is 0 Å². The second kappa shape index (κ2) is 5.97. The molecule has 13 heavy (non-hydrogen) atoms. The van der Waals surface area contributed by atoms with Gasteiger partial charge in [-0.3, -0.25) is 4.79 Å². The molecule has 0 spiro atoms. The summed E-state index contributed by atoms with van der Waals surface area (Å²) in [7, 11) is 0. The van der Waals surface area contributed by atoms with Crippen LogP contribution in [0.4, 0.5) is 0 Å². The maximum Gasteiger partial charge on any atom is 0.307 e. The number of rotatable bonds is 6. The maximum absolute atomic E-state index is 10.6. The van der Waals surface area contributed by atoms with Crippen LogP contribution in [-0.2, 0) is 4.79 Å². The molecule has 1 atom stereocenters. The summed E-state index contributed by atoms with van der Waals surface area (Å²) < 4.78 is 0. The standard InChI is InChI=1S/C10H21NO2/c1-5-6-11(8(2)3)7-9(4)10(12)13/h8-9H,5-7H2,1-4H3,(H,12,13). The monoisotopic (exact) mass is 187 g/mol. The van der Waals surface area contributed by atoms with Gasteiger partial charge in [-0.15, -0.1) is 0 Å². The van der Waals surface area contributed by atoms with E-state index < -0.39 is 5.97 Å². The molecule has 0 aliphatic heterocycles. The Kier molecular flexibility index (Phi) is 5.71. The Morgan fingerprint density at radius 1 is 1.38 bits per heavy atom. The summed E-state index contributed by atoms with van der Waals surface area (Å²) in [6.07, 6.45) is 1.07. The van der Waals surface area contributed by atoms with Gasteiger partial charge in [-0.25, -0.2) is 0 Å². The van der Waals surface area contributed by atoms with Crippen LogP contribution in [0.15, 0.2) is 0 Å². The number of carbonyl (C=O) groups is 1. The van der Waals surface area contributed by atoms with Gasteiger partial charge in [-0.05, 0) is 26.8 Å². The van der Waals surface area contributed by atoms with Gasteiger partial charge in [-0.1, -0.05) is 13.8 Å². The van der Waals surface area contributed by atoms with E-state index >= 15 is 0 Å². The average Bonchev–Trinajstić information content (AvgIpc) is 2.03. The van der Waals surface area contributed by atoms with Crippen LogP contribution < -0.4 is 0 Å². The van der Waals surface area contributed by atoms with Gasteiger partial charge >= 0.3 is 5.97 Å². The number of nitrogens with zero attached hydrogens (tertiary/aromatic N) is 1. The van der Waals surface area contributed by atoms with E-state index in [2.05, 4.69) is 25.7 Å². The summed E-state index contributed by atoms with van der Waals surface area (Å²) in [6, 6.07) is 0.432. The molecule has 1 N–H and O–H groups in total. The molecule has 0 aromatic rings. The second-order valence-electron chi connectivity index (χ2n) is 3.83. The van der Waals surface area contributed by atoms with Crippen molar-refractivity contribution in [2.45, 2.75) is 40.2 Å². The topological polar surface area (TPSA) is 40.5 Å². The molecule has 0 radical (unpaired) electrons. The first-order chi connectivity index (χ1) is 5.99.